The van der Waals surface area contributed by atoms with Crippen LogP contribution in [0.3, 0.4) is 0 Å². The van der Waals surface area contributed by atoms with Gasteiger partial charge in [0.1, 0.15) is 16.9 Å². The van der Waals surface area contributed by atoms with E-state index in [4.69, 9.17) is 14.2 Å². The number of anilines is 1. The number of nitrogens with zero attached hydrogens (tertiary/aromatic N) is 3. The summed E-state index contributed by atoms with van der Waals surface area (Å²) < 4.78 is 16.3. The summed E-state index contributed by atoms with van der Waals surface area (Å²) in [6, 6.07) is 3.62. The minimum Gasteiger partial charge on any atom is -0.496 e. The van der Waals surface area contributed by atoms with Gasteiger partial charge in [0.2, 0.25) is 0 Å². The molecule has 1 aliphatic carbocycles. The van der Waals surface area contributed by atoms with Crippen LogP contribution in [-0.2, 0) is 12.8 Å². The SMILES string of the molecule is CCC(C)(C)C1CCc2sc3ncnc(NN=Cc4cc(OC)c(OC)cc4OC)c3c2C1. The van der Waals surface area contributed by atoms with E-state index in [1.165, 1.54) is 23.3 Å². The fourth-order valence-corrected chi connectivity index (χ4v) is 5.65. The highest BCUT2D eigenvalue weighted by Gasteiger charge is 2.33. The summed E-state index contributed by atoms with van der Waals surface area (Å²) in [5.74, 6) is 3.25. The summed E-state index contributed by atoms with van der Waals surface area (Å²) in [5.41, 5.74) is 5.62. The molecule has 176 valence electrons. The zero-order valence-electron chi connectivity index (χ0n) is 20.2. The molecular formula is C25H32N4O3S. The molecule has 0 amide bonds. The van der Waals surface area contributed by atoms with E-state index in [1.807, 2.05) is 6.07 Å². The Kier molecular flexibility index (Phi) is 6.74. The van der Waals surface area contributed by atoms with Crippen molar-refractivity contribution in [3.05, 3.63) is 34.5 Å². The van der Waals surface area contributed by atoms with Gasteiger partial charge in [-0.25, -0.2) is 9.97 Å². The average molecular weight is 469 g/mol. The molecule has 0 spiro atoms. The van der Waals surface area contributed by atoms with Gasteiger partial charge in [-0.3, -0.25) is 5.43 Å². The van der Waals surface area contributed by atoms with Gasteiger partial charge in [-0.2, -0.15) is 5.10 Å². The number of rotatable bonds is 8. The van der Waals surface area contributed by atoms with E-state index in [9.17, 15) is 0 Å². The first-order chi connectivity index (χ1) is 15.9. The molecule has 0 bridgehead atoms. The van der Waals surface area contributed by atoms with Crippen molar-refractivity contribution < 1.29 is 14.2 Å². The monoisotopic (exact) mass is 468 g/mol. The molecule has 1 aromatic carbocycles. The minimum atomic E-state index is 0.317. The molecule has 0 radical (unpaired) electrons. The van der Waals surface area contributed by atoms with E-state index in [1.54, 1.807) is 51.3 Å². The molecule has 33 heavy (non-hydrogen) atoms. The zero-order valence-corrected chi connectivity index (χ0v) is 21.0. The van der Waals surface area contributed by atoms with Gasteiger partial charge >= 0.3 is 0 Å². The maximum absolute atomic E-state index is 5.50. The first-order valence-corrected chi connectivity index (χ1v) is 12.1. The smallest absolute Gasteiger partial charge is 0.164 e. The van der Waals surface area contributed by atoms with Gasteiger partial charge in [-0.05, 0) is 42.2 Å². The highest BCUT2D eigenvalue weighted by Crippen LogP contribution is 2.45. The number of ether oxygens (including phenoxy) is 3. The summed E-state index contributed by atoms with van der Waals surface area (Å²) >= 11 is 1.79. The van der Waals surface area contributed by atoms with Gasteiger partial charge in [0.25, 0.3) is 0 Å². The van der Waals surface area contributed by atoms with Crippen molar-refractivity contribution in [2.45, 2.75) is 46.5 Å². The second kappa shape index (κ2) is 9.55. The van der Waals surface area contributed by atoms with E-state index < -0.39 is 0 Å². The van der Waals surface area contributed by atoms with Crippen molar-refractivity contribution in [3.63, 3.8) is 0 Å². The first kappa shape index (κ1) is 23.3. The molecule has 1 atom stereocenters. The third-order valence-corrected chi connectivity index (χ3v) is 8.17. The van der Waals surface area contributed by atoms with Crippen molar-refractivity contribution in [2.75, 3.05) is 26.8 Å². The Bertz CT molecular complexity index is 1170. The normalized spacial score (nSPS) is 16.1. The van der Waals surface area contributed by atoms with Gasteiger partial charge in [0, 0.05) is 16.5 Å². The van der Waals surface area contributed by atoms with Crippen molar-refractivity contribution in [2.24, 2.45) is 16.4 Å². The molecule has 3 aromatic rings. The number of hydrazone groups is 1. The highest BCUT2D eigenvalue weighted by molar-refractivity contribution is 7.19. The van der Waals surface area contributed by atoms with Gasteiger partial charge in [-0.15, -0.1) is 11.3 Å². The molecule has 2 heterocycles. The Balaban J connectivity index is 1.65. The van der Waals surface area contributed by atoms with Crippen LogP contribution in [0.1, 0.15) is 49.6 Å². The van der Waals surface area contributed by atoms with Crippen LogP contribution in [0.4, 0.5) is 5.82 Å². The molecule has 0 aliphatic heterocycles. The van der Waals surface area contributed by atoms with Crippen LogP contribution in [-0.4, -0.2) is 37.5 Å². The Morgan fingerprint density at radius 1 is 1.12 bits per heavy atom. The molecule has 7 nitrogen and oxygen atoms in total. The molecular weight excluding hydrogens is 436 g/mol. The zero-order chi connectivity index (χ0) is 23.6. The van der Waals surface area contributed by atoms with E-state index in [0.717, 1.165) is 34.4 Å². The Morgan fingerprint density at radius 2 is 1.85 bits per heavy atom. The Hall–Kier alpha value is -2.87. The molecule has 1 unspecified atom stereocenters. The van der Waals surface area contributed by atoms with Crippen molar-refractivity contribution in [1.29, 1.82) is 0 Å². The standard InChI is InChI=1S/C25H32N4O3S/c1-7-25(2,3)16-8-9-21-17(11-16)22-23(26-14-27-24(22)33-21)29-28-13-15-10-19(31-5)20(32-6)12-18(15)30-4/h10,12-14,16H,7-9,11H2,1-6H3,(H,26,27,29). The number of aromatic nitrogens is 2. The minimum absolute atomic E-state index is 0.317. The van der Waals surface area contributed by atoms with Crippen molar-refractivity contribution in [1.82, 2.24) is 9.97 Å². The molecule has 1 aliphatic rings. The molecule has 8 heteroatoms. The predicted octanol–water partition coefficient (Wildman–Crippen LogP) is 5.70. The number of thiophene rings is 1. The molecule has 0 saturated carbocycles. The number of hydrogen-bond donors (Lipinski definition) is 1. The maximum Gasteiger partial charge on any atom is 0.164 e. The summed E-state index contributed by atoms with van der Waals surface area (Å²) in [5, 5.41) is 5.58. The van der Waals surface area contributed by atoms with E-state index in [0.29, 0.717) is 28.6 Å². The third-order valence-electron chi connectivity index (χ3n) is 6.97. The van der Waals surface area contributed by atoms with Crippen LogP contribution in [0.15, 0.2) is 23.6 Å². The molecule has 4 rings (SSSR count). The number of fused-ring (bicyclic) bond motifs is 3. The van der Waals surface area contributed by atoms with Crippen LogP contribution in [0.2, 0.25) is 0 Å². The summed E-state index contributed by atoms with van der Waals surface area (Å²) in [6.45, 7) is 7.05. The maximum atomic E-state index is 5.50. The highest BCUT2D eigenvalue weighted by atomic mass is 32.1. The van der Waals surface area contributed by atoms with Crippen LogP contribution in [0.5, 0.6) is 17.2 Å². The number of nitrogens with one attached hydrogen (secondary N) is 1. The van der Waals surface area contributed by atoms with Gasteiger partial charge in [0.05, 0.1) is 32.9 Å². The quantitative estimate of drug-likeness (QED) is 0.337. The second-order valence-electron chi connectivity index (χ2n) is 9.01. The van der Waals surface area contributed by atoms with E-state index in [2.05, 4.69) is 41.3 Å². The third kappa shape index (κ3) is 4.49. The predicted molar refractivity (Wildman–Crippen MR) is 134 cm³/mol. The number of benzene rings is 1. The lowest BCUT2D eigenvalue weighted by Gasteiger charge is -2.36. The Morgan fingerprint density at radius 3 is 2.55 bits per heavy atom. The van der Waals surface area contributed by atoms with E-state index >= 15 is 0 Å². The van der Waals surface area contributed by atoms with Crippen LogP contribution >= 0.6 is 11.3 Å². The van der Waals surface area contributed by atoms with Crippen molar-refractivity contribution in [3.8, 4) is 17.2 Å². The molecule has 0 fully saturated rings. The van der Waals surface area contributed by atoms with Crippen LogP contribution in [0, 0.1) is 11.3 Å². The summed E-state index contributed by atoms with van der Waals surface area (Å²) in [4.78, 5) is 11.5. The fourth-order valence-electron chi connectivity index (χ4n) is 4.47. The molecule has 1 N–H and O–H groups in total. The van der Waals surface area contributed by atoms with Crippen LogP contribution in [0.25, 0.3) is 10.2 Å². The fraction of sp³-hybridized carbons (Fsp3) is 0.480. The lowest BCUT2D eigenvalue weighted by atomic mass is 9.69. The lowest BCUT2D eigenvalue weighted by molar-refractivity contribution is 0.184. The van der Waals surface area contributed by atoms with Gasteiger partial charge < -0.3 is 14.2 Å². The summed E-state index contributed by atoms with van der Waals surface area (Å²) in [7, 11) is 4.82. The number of aryl methyl sites for hydroxylation is 1. The van der Waals surface area contributed by atoms with Crippen molar-refractivity contribution >= 4 is 33.6 Å². The number of hydrogen-bond acceptors (Lipinski definition) is 8. The van der Waals surface area contributed by atoms with Gasteiger partial charge in [-0.1, -0.05) is 27.2 Å². The lowest BCUT2D eigenvalue weighted by Crippen LogP contribution is -2.28. The van der Waals surface area contributed by atoms with E-state index in [-0.39, 0.29) is 0 Å². The molecule has 0 saturated heterocycles. The molecule has 2 aromatic heterocycles. The Labute approximate surface area is 199 Å². The topological polar surface area (TPSA) is 77.9 Å². The van der Waals surface area contributed by atoms with Gasteiger partial charge in [0.15, 0.2) is 17.3 Å². The first-order valence-electron chi connectivity index (χ1n) is 11.3. The average Bonchev–Trinajstić information content (AvgIpc) is 3.22. The van der Waals surface area contributed by atoms with Crippen LogP contribution < -0.4 is 19.6 Å². The largest absolute Gasteiger partial charge is 0.496 e. The number of methoxy groups -OCH3 is 3. The summed E-state index contributed by atoms with van der Waals surface area (Å²) in [6.07, 6.45) is 7.88. The second-order valence-corrected chi connectivity index (χ2v) is 10.1.